The zero-order valence-electron chi connectivity index (χ0n) is 10.4. The number of nitrogens with two attached hydrogens (primary N) is 1. The molecule has 0 saturated heterocycles. The van der Waals surface area contributed by atoms with E-state index in [0.717, 1.165) is 17.9 Å². The standard InChI is InChI=1S/C13H20FNOS/c1-3-17-8-4-7-16-11-5-6-12(10(2)15)13(14)9-11/h5-6,9-10H,3-4,7-8,15H2,1-2H3. The van der Waals surface area contributed by atoms with Crippen molar-refractivity contribution in [2.45, 2.75) is 26.3 Å². The Balaban J connectivity index is 2.42. The molecule has 4 heteroatoms. The molecule has 0 aliphatic carbocycles. The second-order valence-corrected chi connectivity index (χ2v) is 5.26. The highest BCUT2D eigenvalue weighted by molar-refractivity contribution is 7.99. The minimum absolute atomic E-state index is 0.287. The Bertz CT molecular complexity index is 344. The molecule has 17 heavy (non-hydrogen) atoms. The van der Waals surface area contributed by atoms with Crippen LogP contribution >= 0.6 is 11.8 Å². The van der Waals surface area contributed by atoms with Gasteiger partial charge in [-0.3, -0.25) is 0 Å². The van der Waals surface area contributed by atoms with Crippen LogP contribution in [0.25, 0.3) is 0 Å². The summed E-state index contributed by atoms with van der Waals surface area (Å²) in [4.78, 5) is 0. The molecule has 0 radical (unpaired) electrons. The first-order valence-electron chi connectivity index (χ1n) is 5.90. The first-order valence-corrected chi connectivity index (χ1v) is 7.06. The maximum atomic E-state index is 13.6. The van der Waals surface area contributed by atoms with Gasteiger partial charge in [-0.25, -0.2) is 4.39 Å². The normalized spacial score (nSPS) is 12.5. The fourth-order valence-corrected chi connectivity index (χ4v) is 2.07. The third-order valence-electron chi connectivity index (χ3n) is 2.37. The largest absolute Gasteiger partial charge is 0.493 e. The van der Waals surface area contributed by atoms with Crippen LogP contribution in [0.15, 0.2) is 18.2 Å². The van der Waals surface area contributed by atoms with Crippen LogP contribution in [0.4, 0.5) is 4.39 Å². The van der Waals surface area contributed by atoms with E-state index in [0.29, 0.717) is 17.9 Å². The fraction of sp³-hybridized carbons (Fsp3) is 0.538. The molecular formula is C13H20FNOS. The second kappa shape index (κ2) is 7.56. The molecule has 0 heterocycles. The van der Waals surface area contributed by atoms with E-state index in [1.165, 1.54) is 6.07 Å². The van der Waals surface area contributed by atoms with Gasteiger partial charge in [0, 0.05) is 17.7 Å². The summed E-state index contributed by atoms with van der Waals surface area (Å²) in [5, 5.41) is 0. The molecule has 0 aromatic heterocycles. The molecule has 0 bridgehead atoms. The maximum Gasteiger partial charge on any atom is 0.131 e. The highest BCUT2D eigenvalue weighted by Gasteiger charge is 2.07. The summed E-state index contributed by atoms with van der Waals surface area (Å²) >= 11 is 1.88. The van der Waals surface area contributed by atoms with Crippen molar-refractivity contribution in [2.75, 3.05) is 18.1 Å². The van der Waals surface area contributed by atoms with Gasteiger partial charge in [0.05, 0.1) is 6.61 Å². The molecule has 1 unspecified atom stereocenters. The lowest BCUT2D eigenvalue weighted by molar-refractivity contribution is 0.316. The van der Waals surface area contributed by atoms with Gasteiger partial charge < -0.3 is 10.5 Å². The van der Waals surface area contributed by atoms with Crippen LogP contribution in [-0.2, 0) is 0 Å². The summed E-state index contributed by atoms with van der Waals surface area (Å²) < 4.78 is 19.0. The quantitative estimate of drug-likeness (QED) is 0.761. The van der Waals surface area contributed by atoms with Gasteiger partial charge >= 0.3 is 0 Å². The molecular weight excluding hydrogens is 237 g/mol. The van der Waals surface area contributed by atoms with Gasteiger partial charge in [0.2, 0.25) is 0 Å². The molecule has 1 rings (SSSR count). The third-order valence-corrected chi connectivity index (χ3v) is 3.35. The second-order valence-electron chi connectivity index (χ2n) is 3.87. The van der Waals surface area contributed by atoms with Crippen LogP contribution in [0.2, 0.25) is 0 Å². The van der Waals surface area contributed by atoms with Crippen molar-refractivity contribution in [3.63, 3.8) is 0 Å². The molecule has 1 aromatic rings. The molecule has 1 atom stereocenters. The molecule has 2 nitrogen and oxygen atoms in total. The summed E-state index contributed by atoms with van der Waals surface area (Å²) in [5.74, 6) is 2.49. The van der Waals surface area contributed by atoms with Crippen LogP contribution in [-0.4, -0.2) is 18.1 Å². The Kier molecular flexibility index (Phi) is 6.37. The van der Waals surface area contributed by atoms with E-state index in [2.05, 4.69) is 6.92 Å². The van der Waals surface area contributed by atoms with Crippen molar-refractivity contribution >= 4 is 11.8 Å². The van der Waals surface area contributed by atoms with Crippen LogP contribution in [0, 0.1) is 5.82 Å². The summed E-state index contributed by atoms with van der Waals surface area (Å²) in [6.07, 6.45) is 0.981. The van der Waals surface area contributed by atoms with E-state index >= 15 is 0 Å². The van der Waals surface area contributed by atoms with Crippen LogP contribution in [0.1, 0.15) is 31.9 Å². The van der Waals surface area contributed by atoms with E-state index in [4.69, 9.17) is 10.5 Å². The van der Waals surface area contributed by atoms with Gasteiger partial charge in [0.1, 0.15) is 11.6 Å². The molecule has 1 aromatic carbocycles. The zero-order valence-corrected chi connectivity index (χ0v) is 11.2. The van der Waals surface area contributed by atoms with Crippen molar-refractivity contribution < 1.29 is 9.13 Å². The number of ether oxygens (including phenoxy) is 1. The van der Waals surface area contributed by atoms with E-state index in [9.17, 15) is 4.39 Å². The van der Waals surface area contributed by atoms with Gasteiger partial charge in [-0.05, 0) is 30.9 Å². The minimum Gasteiger partial charge on any atom is -0.493 e. The van der Waals surface area contributed by atoms with Crippen LogP contribution in [0.3, 0.4) is 0 Å². The van der Waals surface area contributed by atoms with Crippen molar-refractivity contribution in [3.8, 4) is 5.75 Å². The molecule has 0 amide bonds. The number of hydrogen-bond acceptors (Lipinski definition) is 3. The smallest absolute Gasteiger partial charge is 0.131 e. The fourth-order valence-electron chi connectivity index (χ4n) is 1.46. The Morgan fingerprint density at radius 2 is 2.24 bits per heavy atom. The average Bonchev–Trinajstić information content (AvgIpc) is 2.28. The van der Waals surface area contributed by atoms with E-state index in [1.807, 2.05) is 11.8 Å². The Labute approximate surface area is 107 Å². The van der Waals surface area contributed by atoms with E-state index in [-0.39, 0.29) is 11.9 Å². The van der Waals surface area contributed by atoms with E-state index in [1.54, 1.807) is 19.1 Å². The monoisotopic (exact) mass is 257 g/mol. The minimum atomic E-state index is -0.291. The number of benzene rings is 1. The first kappa shape index (κ1) is 14.3. The lowest BCUT2D eigenvalue weighted by Gasteiger charge is -2.10. The molecule has 0 saturated carbocycles. The van der Waals surface area contributed by atoms with Gasteiger partial charge in [-0.1, -0.05) is 13.0 Å². The Morgan fingerprint density at radius 1 is 1.47 bits per heavy atom. The highest BCUT2D eigenvalue weighted by Crippen LogP contribution is 2.20. The number of halogens is 1. The molecule has 0 spiro atoms. The van der Waals surface area contributed by atoms with Crippen molar-refractivity contribution in [1.82, 2.24) is 0 Å². The summed E-state index contributed by atoms with van der Waals surface area (Å²) in [5.41, 5.74) is 6.16. The topological polar surface area (TPSA) is 35.2 Å². The predicted octanol–water partition coefficient (Wildman–Crippen LogP) is 3.37. The lowest BCUT2D eigenvalue weighted by atomic mass is 10.1. The molecule has 0 aliphatic heterocycles. The third kappa shape index (κ3) is 4.96. The highest BCUT2D eigenvalue weighted by atomic mass is 32.2. The van der Waals surface area contributed by atoms with Crippen LogP contribution in [0.5, 0.6) is 5.75 Å². The Morgan fingerprint density at radius 3 is 2.82 bits per heavy atom. The molecule has 0 fully saturated rings. The summed E-state index contributed by atoms with van der Waals surface area (Å²) in [7, 11) is 0. The molecule has 0 aliphatic rings. The zero-order chi connectivity index (χ0) is 12.7. The van der Waals surface area contributed by atoms with Crippen molar-refractivity contribution in [1.29, 1.82) is 0 Å². The number of thioether (sulfide) groups is 1. The number of rotatable bonds is 7. The SMILES string of the molecule is CCSCCCOc1ccc(C(C)N)c(F)c1. The predicted molar refractivity (Wildman–Crippen MR) is 72.1 cm³/mol. The molecule has 96 valence electrons. The van der Waals surface area contributed by atoms with Crippen molar-refractivity contribution in [2.24, 2.45) is 5.73 Å². The van der Waals surface area contributed by atoms with Gasteiger partial charge in [0.15, 0.2) is 0 Å². The number of hydrogen-bond donors (Lipinski definition) is 1. The maximum absolute atomic E-state index is 13.6. The van der Waals surface area contributed by atoms with Crippen molar-refractivity contribution in [3.05, 3.63) is 29.6 Å². The summed E-state index contributed by atoms with van der Waals surface area (Å²) in [6, 6.07) is 4.58. The van der Waals surface area contributed by atoms with E-state index < -0.39 is 0 Å². The van der Waals surface area contributed by atoms with Gasteiger partial charge in [-0.15, -0.1) is 0 Å². The van der Waals surface area contributed by atoms with Crippen LogP contribution < -0.4 is 10.5 Å². The summed E-state index contributed by atoms with van der Waals surface area (Å²) in [6.45, 7) is 4.53. The molecule has 2 N–H and O–H groups in total. The average molecular weight is 257 g/mol. The lowest BCUT2D eigenvalue weighted by Crippen LogP contribution is -2.07. The van der Waals surface area contributed by atoms with Gasteiger partial charge in [-0.2, -0.15) is 11.8 Å². The van der Waals surface area contributed by atoms with Gasteiger partial charge in [0.25, 0.3) is 0 Å². The first-order chi connectivity index (χ1) is 8.15. The Hall–Kier alpha value is -0.740.